The summed E-state index contributed by atoms with van der Waals surface area (Å²) >= 11 is 0. The smallest absolute Gasteiger partial charge is 0.308 e. The number of nitrogens with zero attached hydrogens (tertiary/aromatic N) is 1. The van der Waals surface area contributed by atoms with Crippen LogP contribution in [0.3, 0.4) is 0 Å². The maximum absolute atomic E-state index is 10.8. The number of rotatable bonds is 3. The third-order valence-corrected chi connectivity index (χ3v) is 2.26. The number of aliphatic imine (C=N–C) groups is 1. The summed E-state index contributed by atoms with van der Waals surface area (Å²) in [5, 5.41) is 0. The number of hydrogen-bond acceptors (Lipinski definition) is 3. The zero-order chi connectivity index (χ0) is 12.8. The molecule has 0 bridgehead atoms. The Labute approximate surface area is 106 Å². The summed E-state index contributed by atoms with van der Waals surface area (Å²) in [6, 6.07) is 16.9. The van der Waals surface area contributed by atoms with Gasteiger partial charge in [-0.05, 0) is 29.8 Å². The minimum Gasteiger partial charge on any atom is -0.427 e. The zero-order valence-electron chi connectivity index (χ0n) is 10.0. The van der Waals surface area contributed by atoms with Gasteiger partial charge < -0.3 is 4.74 Å². The van der Waals surface area contributed by atoms with E-state index >= 15 is 0 Å². The lowest BCUT2D eigenvalue weighted by Crippen LogP contribution is -2.00. The van der Waals surface area contributed by atoms with Crippen LogP contribution < -0.4 is 4.74 Å². The Balaban J connectivity index is 2.06. The monoisotopic (exact) mass is 239 g/mol. The lowest BCUT2D eigenvalue weighted by molar-refractivity contribution is -0.131. The second-order valence-corrected chi connectivity index (χ2v) is 3.76. The van der Waals surface area contributed by atoms with E-state index in [0.717, 1.165) is 11.3 Å². The highest BCUT2D eigenvalue weighted by molar-refractivity contribution is 5.81. The standard InChI is InChI=1S/C15H13NO2/c1-12(17)18-15-9-7-14(8-10-15)16-11-13-5-3-2-4-6-13/h2-11H,1H3. The van der Waals surface area contributed by atoms with Gasteiger partial charge in [0, 0.05) is 13.1 Å². The van der Waals surface area contributed by atoms with Gasteiger partial charge in [0.1, 0.15) is 5.75 Å². The molecule has 0 amide bonds. The molecule has 0 atom stereocenters. The van der Waals surface area contributed by atoms with E-state index in [1.807, 2.05) is 30.3 Å². The molecule has 0 fully saturated rings. The average Bonchev–Trinajstić information content (AvgIpc) is 2.38. The van der Waals surface area contributed by atoms with Gasteiger partial charge in [-0.15, -0.1) is 0 Å². The number of hydrogen-bond donors (Lipinski definition) is 0. The molecule has 0 aromatic heterocycles. The van der Waals surface area contributed by atoms with Crippen LogP contribution in [0.4, 0.5) is 5.69 Å². The molecule has 0 spiro atoms. The van der Waals surface area contributed by atoms with Crippen molar-refractivity contribution in [1.29, 1.82) is 0 Å². The summed E-state index contributed by atoms with van der Waals surface area (Å²) < 4.78 is 4.94. The Morgan fingerprint density at radius 3 is 2.33 bits per heavy atom. The maximum Gasteiger partial charge on any atom is 0.308 e. The predicted octanol–water partition coefficient (Wildman–Crippen LogP) is 3.36. The van der Waals surface area contributed by atoms with Crippen LogP contribution in [0.25, 0.3) is 0 Å². The number of benzene rings is 2. The summed E-state index contributed by atoms with van der Waals surface area (Å²) in [4.78, 5) is 15.1. The van der Waals surface area contributed by atoms with Crippen LogP contribution in [0, 0.1) is 0 Å². The molecule has 0 aliphatic rings. The number of carbonyl (C=O) groups is 1. The van der Waals surface area contributed by atoms with Crippen LogP contribution in [-0.4, -0.2) is 12.2 Å². The highest BCUT2D eigenvalue weighted by Gasteiger charge is 1.97. The fourth-order valence-electron chi connectivity index (χ4n) is 1.45. The SMILES string of the molecule is CC(=O)Oc1ccc(N=Cc2ccccc2)cc1. The molecule has 0 unspecified atom stereocenters. The minimum absolute atomic E-state index is 0.324. The van der Waals surface area contributed by atoms with Crippen molar-refractivity contribution in [2.45, 2.75) is 6.92 Å². The van der Waals surface area contributed by atoms with Gasteiger partial charge in [0.05, 0.1) is 5.69 Å². The van der Waals surface area contributed by atoms with Gasteiger partial charge in [0.15, 0.2) is 0 Å². The summed E-state index contributed by atoms with van der Waals surface area (Å²) in [6.07, 6.45) is 1.79. The van der Waals surface area contributed by atoms with Crippen LogP contribution in [-0.2, 0) is 4.79 Å². The van der Waals surface area contributed by atoms with Gasteiger partial charge in [0.2, 0.25) is 0 Å². The Kier molecular flexibility index (Phi) is 3.86. The molecule has 3 heteroatoms. The lowest BCUT2D eigenvalue weighted by Gasteiger charge is -2.00. The van der Waals surface area contributed by atoms with Gasteiger partial charge in [-0.3, -0.25) is 9.79 Å². The highest BCUT2D eigenvalue weighted by atomic mass is 16.5. The fourth-order valence-corrected chi connectivity index (χ4v) is 1.45. The molecule has 2 aromatic carbocycles. The van der Waals surface area contributed by atoms with Gasteiger partial charge in [-0.1, -0.05) is 30.3 Å². The van der Waals surface area contributed by atoms with Crippen LogP contribution in [0.2, 0.25) is 0 Å². The van der Waals surface area contributed by atoms with Crippen molar-refractivity contribution >= 4 is 17.9 Å². The van der Waals surface area contributed by atoms with E-state index in [-0.39, 0.29) is 5.97 Å². The molecule has 0 heterocycles. The Morgan fingerprint density at radius 1 is 1.06 bits per heavy atom. The van der Waals surface area contributed by atoms with Crippen molar-refractivity contribution < 1.29 is 9.53 Å². The molecule has 0 N–H and O–H groups in total. The number of esters is 1. The molecule has 2 rings (SSSR count). The highest BCUT2D eigenvalue weighted by Crippen LogP contribution is 2.18. The van der Waals surface area contributed by atoms with E-state index in [1.165, 1.54) is 6.92 Å². The number of carbonyl (C=O) groups excluding carboxylic acids is 1. The molecule has 2 aromatic rings. The molecular weight excluding hydrogens is 226 g/mol. The van der Waals surface area contributed by atoms with Gasteiger partial charge in [0.25, 0.3) is 0 Å². The Morgan fingerprint density at radius 2 is 1.72 bits per heavy atom. The molecule has 18 heavy (non-hydrogen) atoms. The Bertz CT molecular complexity index is 544. The Hall–Kier alpha value is -2.42. The van der Waals surface area contributed by atoms with Crippen LogP contribution in [0.15, 0.2) is 59.6 Å². The fraction of sp³-hybridized carbons (Fsp3) is 0.0667. The van der Waals surface area contributed by atoms with Crippen LogP contribution in [0.5, 0.6) is 5.75 Å². The normalized spacial score (nSPS) is 10.5. The second kappa shape index (κ2) is 5.77. The largest absolute Gasteiger partial charge is 0.427 e. The summed E-state index contributed by atoms with van der Waals surface area (Å²) in [5.41, 5.74) is 1.86. The van der Waals surface area contributed by atoms with E-state index in [2.05, 4.69) is 4.99 Å². The van der Waals surface area contributed by atoms with Crippen molar-refractivity contribution in [2.24, 2.45) is 4.99 Å². The van der Waals surface area contributed by atoms with E-state index in [0.29, 0.717) is 5.75 Å². The first-order valence-electron chi connectivity index (χ1n) is 5.61. The summed E-state index contributed by atoms with van der Waals surface area (Å²) in [6.45, 7) is 1.38. The summed E-state index contributed by atoms with van der Waals surface area (Å²) in [5.74, 6) is 0.205. The van der Waals surface area contributed by atoms with E-state index in [9.17, 15) is 4.79 Å². The first-order chi connectivity index (χ1) is 8.74. The van der Waals surface area contributed by atoms with E-state index < -0.39 is 0 Å². The molecule has 0 saturated heterocycles. The van der Waals surface area contributed by atoms with Gasteiger partial charge in [-0.25, -0.2) is 0 Å². The van der Waals surface area contributed by atoms with Crippen LogP contribution >= 0.6 is 0 Å². The lowest BCUT2D eigenvalue weighted by atomic mass is 10.2. The molecule has 0 radical (unpaired) electrons. The minimum atomic E-state index is -0.324. The van der Waals surface area contributed by atoms with E-state index in [4.69, 9.17) is 4.74 Å². The molecular formula is C15H13NO2. The third kappa shape index (κ3) is 3.56. The molecule has 0 aliphatic carbocycles. The average molecular weight is 239 g/mol. The van der Waals surface area contributed by atoms with Crippen molar-refractivity contribution in [1.82, 2.24) is 0 Å². The van der Waals surface area contributed by atoms with E-state index in [1.54, 1.807) is 30.5 Å². The second-order valence-electron chi connectivity index (χ2n) is 3.76. The van der Waals surface area contributed by atoms with Crippen LogP contribution in [0.1, 0.15) is 12.5 Å². The van der Waals surface area contributed by atoms with Crippen molar-refractivity contribution in [2.75, 3.05) is 0 Å². The molecule has 90 valence electrons. The molecule has 0 aliphatic heterocycles. The maximum atomic E-state index is 10.8. The molecule has 3 nitrogen and oxygen atoms in total. The first-order valence-corrected chi connectivity index (χ1v) is 5.61. The quantitative estimate of drug-likeness (QED) is 0.468. The summed E-state index contributed by atoms with van der Waals surface area (Å²) in [7, 11) is 0. The zero-order valence-corrected chi connectivity index (χ0v) is 10.0. The van der Waals surface area contributed by atoms with Crippen molar-refractivity contribution in [3.63, 3.8) is 0 Å². The number of ether oxygens (including phenoxy) is 1. The first kappa shape index (κ1) is 12.0. The topological polar surface area (TPSA) is 38.7 Å². The van der Waals surface area contributed by atoms with Crippen molar-refractivity contribution in [3.8, 4) is 5.75 Å². The predicted molar refractivity (Wildman–Crippen MR) is 71.4 cm³/mol. The third-order valence-electron chi connectivity index (χ3n) is 2.26. The van der Waals surface area contributed by atoms with Gasteiger partial charge in [-0.2, -0.15) is 0 Å². The molecule has 0 saturated carbocycles. The van der Waals surface area contributed by atoms with Gasteiger partial charge >= 0.3 is 5.97 Å². The van der Waals surface area contributed by atoms with Crippen molar-refractivity contribution in [3.05, 3.63) is 60.2 Å².